The van der Waals surface area contributed by atoms with E-state index < -0.39 is 0 Å². The largest absolute Gasteiger partial charge is 0.493 e. The predicted molar refractivity (Wildman–Crippen MR) is 80.9 cm³/mol. The standard InChI is InChI=1S/C15H17ClO2S/c1-4-11-6-8-14(19-11)15(16)10-5-7-12(17-2)13(9-10)18-3/h5-9,15H,4H2,1-3H3. The van der Waals surface area contributed by atoms with Gasteiger partial charge in [-0.15, -0.1) is 22.9 Å². The van der Waals surface area contributed by atoms with E-state index in [0.29, 0.717) is 5.75 Å². The maximum Gasteiger partial charge on any atom is 0.161 e. The number of hydrogen-bond donors (Lipinski definition) is 0. The second-order valence-electron chi connectivity index (χ2n) is 4.13. The van der Waals surface area contributed by atoms with Gasteiger partial charge in [-0.2, -0.15) is 0 Å². The van der Waals surface area contributed by atoms with Crippen molar-refractivity contribution in [1.82, 2.24) is 0 Å². The van der Waals surface area contributed by atoms with Crippen LogP contribution >= 0.6 is 22.9 Å². The molecule has 0 fully saturated rings. The van der Waals surface area contributed by atoms with Crippen LogP contribution in [0.25, 0.3) is 0 Å². The number of thiophene rings is 1. The third-order valence-electron chi connectivity index (χ3n) is 2.98. The molecular weight excluding hydrogens is 280 g/mol. The van der Waals surface area contributed by atoms with Gasteiger partial charge in [-0.25, -0.2) is 0 Å². The lowest BCUT2D eigenvalue weighted by molar-refractivity contribution is 0.354. The molecule has 0 saturated heterocycles. The fraction of sp³-hybridized carbons (Fsp3) is 0.333. The van der Waals surface area contributed by atoms with Crippen LogP contribution in [0.4, 0.5) is 0 Å². The summed E-state index contributed by atoms with van der Waals surface area (Å²) >= 11 is 8.30. The minimum absolute atomic E-state index is 0.148. The molecule has 0 radical (unpaired) electrons. The smallest absolute Gasteiger partial charge is 0.161 e. The fourth-order valence-electron chi connectivity index (χ4n) is 1.90. The average Bonchev–Trinajstić information content (AvgIpc) is 2.94. The van der Waals surface area contributed by atoms with Crippen LogP contribution in [-0.4, -0.2) is 14.2 Å². The number of methoxy groups -OCH3 is 2. The van der Waals surface area contributed by atoms with Crippen molar-refractivity contribution in [2.75, 3.05) is 14.2 Å². The van der Waals surface area contributed by atoms with Crippen molar-refractivity contribution in [2.24, 2.45) is 0 Å². The van der Waals surface area contributed by atoms with E-state index in [2.05, 4.69) is 19.1 Å². The quantitative estimate of drug-likeness (QED) is 0.747. The highest BCUT2D eigenvalue weighted by molar-refractivity contribution is 7.12. The van der Waals surface area contributed by atoms with Gasteiger partial charge in [-0.1, -0.05) is 13.0 Å². The van der Waals surface area contributed by atoms with Gasteiger partial charge in [0.2, 0.25) is 0 Å². The SMILES string of the molecule is CCc1ccc(C(Cl)c2ccc(OC)c(OC)c2)s1. The van der Waals surface area contributed by atoms with E-state index in [4.69, 9.17) is 21.1 Å². The first-order chi connectivity index (χ1) is 9.19. The van der Waals surface area contributed by atoms with E-state index in [9.17, 15) is 0 Å². The van der Waals surface area contributed by atoms with Crippen LogP contribution in [0, 0.1) is 0 Å². The summed E-state index contributed by atoms with van der Waals surface area (Å²) < 4.78 is 10.5. The van der Waals surface area contributed by atoms with Gasteiger partial charge in [-0.3, -0.25) is 0 Å². The van der Waals surface area contributed by atoms with Crippen LogP contribution in [0.3, 0.4) is 0 Å². The summed E-state index contributed by atoms with van der Waals surface area (Å²) in [6, 6.07) is 10.0. The normalized spacial score (nSPS) is 12.2. The molecule has 0 aliphatic heterocycles. The number of benzene rings is 1. The summed E-state index contributed by atoms with van der Waals surface area (Å²) in [6.45, 7) is 2.15. The number of rotatable bonds is 5. The Morgan fingerprint density at radius 1 is 1.11 bits per heavy atom. The van der Waals surface area contributed by atoms with Gasteiger partial charge in [0.15, 0.2) is 11.5 Å². The topological polar surface area (TPSA) is 18.5 Å². The molecule has 0 aliphatic carbocycles. The van der Waals surface area contributed by atoms with Crippen molar-refractivity contribution in [2.45, 2.75) is 18.7 Å². The average molecular weight is 297 g/mol. The molecule has 0 amide bonds. The maximum atomic E-state index is 6.54. The number of hydrogen-bond acceptors (Lipinski definition) is 3. The van der Waals surface area contributed by atoms with E-state index >= 15 is 0 Å². The first-order valence-electron chi connectivity index (χ1n) is 6.14. The fourth-order valence-corrected chi connectivity index (χ4v) is 3.20. The van der Waals surface area contributed by atoms with Crippen LogP contribution in [0.2, 0.25) is 0 Å². The Hall–Kier alpha value is -1.19. The Morgan fingerprint density at radius 2 is 1.84 bits per heavy atom. The zero-order valence-electron chi connectivity index (χ0n) is 11.3. The molecule has 1 atom stereocenters. The minimum Gasteiger partial charge on any atom is -0.493 e. The van der Waals surface area contributed by atoms with E-state index in [1.165, 1.54) is 4.88 Å². The number of aryl methyl sites for hydroxylation is 1. The van der Waals surface area contributed by atoms with Gasteiger partial charge in [0.05, 0.1) is 19.6 Å². The Bertz CT molecular complexity index is 551. The van der Waals surface area contributed by atoms with Gasteiger partial charge < -0.3 is 9.47 Å². The molecule has 0 spiro atoms. The first-order valence-corrected chi connectivity index (χ1v) is 7.39. The predicted octanol–water partition coefficient (Wildman–Crippen LogP) is 4.66. The van der Waals surface area contributed by atoms with E-state index in [1.54, 1.807) is 25.6 Å². The number of halogens is 1. The van der Waals surface area contributed by atoms with Crippen LogP contribution < -0.4 is 9.47 Å². The molecule has 1 unspecified atom stereocenters. The second-order valence-corrected chi connectivity index (χ2v) is 5.77. The highest BCUT2D eigenvalue weighted by Crippen LogP contribution is 2.37. The molecule has 0 N–H and O–H groups in total. The Balaban J connectivity index is 2.30. The summed E-state index contributed by atoms with van der Waals surface area (Å²) in [5, 5.41) is -0.148. The lowest BCUT2D eigenvalue weighted by Crippen LogP contribution is -1.95. The molecule has 102 valence electrons. The molecule has 0 saturated carbocycles. The van der Waals surface area contributed by atoms with Crippen molar-refractivity contribution in [3.63, 3.8) is 0 Å². The molecule has 1 aromatic carbocycles. The van der Waals surface area contributed by atoms with Crippen molar-refractivity contribution in [3.8, 4) is 11.5 Å². The molecule has 1 heterocycles. The van der Waals surface area contributed by atoms with Crippen molar-refractivity contribution < 1.29 is 9.47 Å². The van der Waals surface area contributed by atoms with E-state index in [0.717, 1.165) is 22.6 Å². The van der Waals surface area contributed by atoms with E-state index in [-0.39, 0.29) is 5.38 Å². The monoisotopic (exact) mass is 296 g/mol. The maximum absolute atomic E-state index is 6.54. The summed E-state index contributed by atoms with van der Waals surface area (Å²) in [4.78, 5) is 2.51. The van der Waals surface area contributed by atoms with Gasteiger partial charge in [0, 0.05) is 9.75 Å². The molecule has 19 heavy (non-hydrogen) atoms. The third-order valence-corrected chi connectivity index (χ3v) is 4.89. The molecule has 2 nitrogen and oxygen atoms in total. The zero-order valence-corrected chi connectivity index (χ0v) is 12.8. The Kier molecular flexibility index (Phi) is 4.72. The van der Waals surface area contributed by atoms with Gasteiger partial charge >= 0.3 is 0 Å². The van der Waals surface area contributed by atoms with Crippen molar-refractivity contribution in [3.05, 3.63) is 45.6 Å². The molecule has 2 aromatic rings. The first kappa shape index (κ1) is 14.2. The second kappa shape index (κ2) is 6.31. The molecule has 0 aliphatic rings. The highest BCUT2D eigenvalue weighted by Gasteiger charge is 2.15. The molecular formula is C15H17ClO2S. The molecule has 1 aromatic heterocycles. The molecule has 0 bridgehead atoms. The summed E-state index contributed by atoms with van der Waals surface area (Å²) in [5.41, 5.74) is 1.02. The Labute approximate surface area is 122 Å². The zero-order chi connectivity index (χ0) is 13.8. The minimum atomic E-state index is -0.148. The Morgan fingerprint density at radius 3 is 2.42 bits per heavy atom. The van der Waals surface area contributed by atoms with Crippen LogP contribution in [0.1, 0.15) is 27.6 Å². The summed E-state index contributed by atoms with van der Waals surface area (Å²) in [7, 11) is 3.26. The van der Waals surface area contributed by atoms with Gasteiger partial charge in [0.25, 0.3) is 0 Å². The van der Waals surface area contributed by atoms with Gasteiger partial charge in [-0.05, 0) is 36.2 Å². The summed E-state index contributed by atoms with van der Waals surface area (Å²) in [5.74, 6) is 1.42. The number of ether oxygens (including phenoxy) is 2. The van der Waals surface area contributed by atoms with Crippen LogP contribution in [-0.2, 0) is 6.42 Å². The lowest BCUT2D eigenvalue weighted by Gasteiger charge is -2.12. The van der Waals surface area contributed by atoms with Crippen LogP contribution in [0.15, 0.2) is 30.3 Å². The van der Waals surface area contributed by atoms with Crippen molar-refractivity contribution in [1.29, 1.82) is 0 Å². The third kappa shape index (κ3) is 3.04. The molecule has 4 heteroatoms. The van der Waals surface area contributed by atoms with E-state index in [1.807, 2.05) is 18.2 Å². The highest BCUT2D eigenvalue weighted by atomic mass is 35.5. The van der Waals surface area contributed by atoms with Crippen molar-refractivity contribution >= 4 is 22.9 Å². The van der Waals surface area contributed by atoms with Crippen LogP contribution in [0.5, 0.6) is 11.5 Å². The lowest BCUT2D eigenvalue weighted by atomic mass is 10.1. The summed E-state index contributed by atoms with van der Waals surface area (Å²) in [6.07, 6.45) is 1.04. The number of alkyl halides is 1. The molecule has 2 rings (SSSR count). The van der Waals surface area contributed by atoms with Gasteiger partial charge in [0.1, 0.15) is 0 Å².